The number of H-pyrrole nitrogens is 1. The summed E-state index contributed by atoms with van der Waals surface area (Å²) in [4.78, 5) is 10.1. The Labute approximate surface area is 130 Å². The van der Waals surface area contributed by atoms with E-state index in [0.717, 1.165) is 30.6 Å². The van der Waals surface area contributed by atoms with Crippen molar-refractivity contribution in [2.75, 3.05) is 13.6 Å². The van der Waals surface area contributed by atoms with E-state index in [0.29, 0.717) is 0 Å². The van der Waals surface area contributed by atoms with Crippen molar-refractivity contribution in [3.63, 3.8) is 0 Å². The average molecular weight is 287 g/mol. The van der Waals surface area contributed by atoms with Crippen LogP contribution in [0.15, 0.2) is 42.7 Å². The lowest BCUT2D eigenvalue weighted by Gasteiger charge is -2.22. The maximum atomic E-state index is 4.10. The first-order valence-electron chi connectivity index (χ1n) is 7.54. The largest absolute Gasteiger partial charge is 0.357 e. The van der Waals surface area contributed by atoms with Gasteiger partial charge in [-0.05, 0) is 30.8 Å². The number of para-hydroxylation sites is 1. The molecule has 3 nitrogen and oxygen atoms in total. The Hall–Kier alpha value is -2.57. The van der Waals surface area contributed by atoms with Crippen molar-refractivity contribution in [3.8, 4) is 11.8 Å². The van der Waals surface area contributed by atoms with E-state index >= 15 is 0 Å². The molecule has 0 atom stereocenters. The highest BCUT2D eigenvalue weighted by molar-refractivity contribution is 5.89. The fourth-order valence-corrected chi connectivity index (χ4v) is 3.05. The highest BCUT2D eigenvalue weighted by Gasteiger charge is 2.18. The molecule has 3 heteroatoms. The van der Waals surface area contributed by atoms with Crippen LogP contribution in [0.4, 0.5) is 0 Å². The first-order chi connectivity index (χ1) is 10.8. The number of fused-ring (bicyclic) bond motifs is 3. The Morgan fingerprint density at radius 1 is 1.18 bits per heavy atom. The van der Waals surface area contributed by atoms with Crippen LogP contribution in [0.3, 0.4) is 0 Å². The van der Waals surface area contributed by atoms with E-state index in [9.17, 15) is 0 Å². The SMILES string of the molecule is CN1CCc2[nH]c3c(C#Cc4cccnc4)cccc3c2C1. The molecule has 1 aromatic carbocycles. The van der Waals surface area contributed by atoms with Gasteiger partial charge in [-0.2, -0.15) is 0 Å². The lowest BCUT2D eigenvalue weighted by Crippen LogP contribution is -2.25. The van der Waals surface area contributed by atoms with Crippen molar-refractivity contribution < 1.29 is 0 Å². The fourth-order valence-electron chi connectivity index (χ4n) is 3.05. The number of benzene rings is 1. The summed E-state index contributed by atoms with van der Waals surface area (Å²) in [6, 6.07) is 10.3. The molecule has 4 rings (SSSR count). The smallest absolute Gasteiger partial charge is 0.0618 e. The molecule has 1 N–H and O–H groups in total. The van der Waals surface area contributed by atoms with Gasteiger partial charge in [0.1, 0.15) is 0 Å². The zero-order valence-electron chi connectivity index (χ0n) is 12.6. The van der Waals surface area contributed by atoms with E-state index < -0.39 is 0 Å². The summed E-state index contributed by atoms with van der Waals surface area (Å²) in [7, 11) is 2.17. The Morgan fingerprint density at radius 2 is 2.14 bits per heavy atom. The first kappa shape index (κ1) is 13.1. The van der Waals surface area contributed by atoms with Crippen molar-refractivity contribution in [3.05, 3.63) is 65.1 Å². The summed E-state index contributed by atoms with van der Waals surface area (Å²) in [6.45, 7) is 2.12. The van der Waals surface area contributed by atoms with Gasteiger partial charge in [0.25, 0.3) is 0 Å². The number of pyridine rings is 1. The molecule has 3 heterocycles. The van der Waals surface area contributed by atoms with E-state index in [1.807, 2.05) is 12.1 Å². The molecule has 0 aliphatic carbocycles. The van der Waals surface area contributed by atoms with Gasteiger partial charge in [0.05, 0.1) is 5.52 Å². The van der Waals surface area contributed by atoms with E-state index in [4.69, 9.17) is 0 Å². The predicted molar refractivity (Wildman–Crippen MR) is 88.6 cm³/mol. The highest BCUT2D eigenvalue weighted by atomic mass is 15.1. The van der Waals surface area contributed by atoms with Crippen molar-refractivity contribution in [2.45, 2.75) is 13.0 Å². The molecule has 108 valence electrons. The summed E-state index contributed by atoms with van der Waals surface area (Å²) < 4.78 is 0. The molecule has 0 spiro atoms. The molecule has 22 heavy (non-hydrogen) atoms. The Balaban J connectivity index is 1.81. The molecule has 0 saturated heterocycles. The van der Waals surface area contributed by atoms with Gasteiger partial charge in [0.2, 0.25) is 0 Å². The summed E-state index contributed by atoms with van der Waals surface area (Å²) in [5.74, 6) is 6.49. The molecule has 2 aromatic heterocycles. The lowest BCUT2D eigenvalue weighted by atomic mass is 10.0. The number of hydrogen-bond donors (Lipinski definition) is 1. The molecule has 0 amide bonds. The van der Waals surface area contributed by atoms with Crippen molar-refractivity contribution in [1.29, 1.82) is 0 Å². The Kier molecular flexibility index (Phi) is 3.17. The average Bonchev–Trinajstić information content (AvgIpc) is 2.92. The Morgan fingerprint density at radius 3 is 3.00 bits per heavy atom. The summed E-state index contributed by atoms with van der Waals surface area (Å²) >= 11 is 0. The summed E-state index contributed by atoms with van der Waals surface area (Å²) in [5.41, 5.74) is 5.95. The second kappa shape index (κ2) is 5.32. The van der Waals surface area contributed by atoms with Gasteiger partial charge < -0.3 is 9.88 Å². The third kappa shape index (κ3) is 2.28. The number of hydrogen-bond acceptors (Lipinski definition) is 2. The minimum atomic E-state index is 0.940. The van der Waals surface area contributed by atoms with Crippen LogP contribution in [0.5, 0.6) is 0 Å². The van der Waals surface area contributed by atoms with Gasteiger partial charge in [0.15, 0.2) is 0 Å². The van der Waals surface area contributed by atoms with Crippen LogP contribution in [0.1, 0.15) is 22.4 Å². The fraction of sp³-hybridized carbons (Fsp3) is 0.211. The quantitative estimate of drug-likeness (QED) is 0.645. The van der Waals surface area contributed by atoms with E-state index in [1.54, 1.807) is 12.4 Å². The number of rotatable bonds is 0. The maximum Gasteiger partial charge on any atom is 0.0618 e. The number of nitrogens with one attached hydrogen (secondary N) is 1. The molecule has 0 unspecified atom stereocenters. The van der Waals surface area contributed by atoms with Crippen LogP contribution in [0.25, 0.3) is 10.9 Å². The summed E-state index contributed by atoms with van der Waals surface area (Å²) in [5, 5.41) is 1.31. The van der Waals surface area contributed by atoms with Crippen molar-refractivity contribution >= 4 is 10.9 Å². The van der Waals surface area contributed by atoms with E-state index in [1.165, 1.54) is 22.2 Å². The van der Waals surface area contributed by atoms with Crippen LogP contribution in [-0.4, -0.2) is 28.5 Å². The van der Waals surface area contributed by atoms with Gasteiger partial charge >= 0.3 is 0 Å². The molecular weight excluding hydrogens is 270 g/mol. The van der Waals surface area contributed by atoms with Crippen LogP contribution in [-0.2, 0) is 13.0 Å². The molecular formula is C19H17N3. The zero-order valence-corrected chi connectivity index (χ0v) is 12.6. The van der Waals surface area contributed by atoms with Crippen LogP contribution >= 0.6 is 0 Å². The van der Waals surface area contributed by atoms with Gasteiger partial charge in [-0.15, -0.1) is 0 Å². The molecule has 1 aliphatic heterocycles. The number of aromatic amines is 1. The third-order valence-corrected chi connectivity index (χ3v) is 4.20. The first-order valence-corrected chi connectivity index (χ1v) is 7.54. The second-order valence-electron chi connectivity index (χ2n) is 5.79. The van der Waals surface area contributed by atoms with Crippen molar-refractivity contribution in [1.82, 2.24) is 14.9 Å². The number of likely N-dealkylation sites (N-methyl/N-ethyl adjacent to an activating group) is 1. The topological polar surface area (TPSA) is 31.9 Å². The highest BCUT2D eigenvalue weighted by Crippen LogP contribution is 2.28. The standard InChI is InChI=1S/C19H17N3/c1-22-11-9-18-17(13-22)16-6-2-5-15(19(16)21-18)8-7-14-4-3-10-20-12-14/h2-6,10,12,21H,9,11,13H2,1H3. The van der Waals surface area contributed by atoms with Crippen LogP contribution in [0.2, 0.25) is 0 Å². The minimum Gasteiger partial charge on any atom is -0.357 e. The minimum absolute atomic E-state index is 0.940. The third-order valence-electron chi connectivity index (χ3n) is 4.20. The predicted octanol–water partition coefficient (Wildman–Crippen LogP) is 2.95. The lowest BCUT2D eigenvalue weighted by molar-refractivity contribution is 0.313. The van der Waals surface area contributed by atoms with Crippen LogP contribution < -0.4 is 0 Å². The van der Waals surface area contributed by atoms with Crippen molar-refractivity contribution in [2.24, 2.45) is 0 Å². The second-order valence-corrected chi connectivity index (χ2v) is 5.79. The summed E-state index contributed by atoms with van der Waals surface area (Å²) in [6.07, 6.45) is 4.64. The number of aromatic nitrogens is 2. The monoisotopic (exact) mass is 287 g/mol. The molecule has 0 bridgehead atoms. The van der Waals surface area contributed by atoms with Gasteiger partial charge in [0, 0.05) is 54.1 Å². The molecule has 3 aromatic rings. The molecule has 0 saturated carbocycles. The van der Waals surface area contributed by atoms with Gasteiger partial charge in [-0.25, -0.2) is 0 Å². The number of nitrogens with zero attached hydrogens (tertiary/aromatic N) is 2. The molecule has 1 aliphatic rings. The molecule has 0 fully saturated rings. The zero-order chi connectivity index (χ0) is 14.9. The maximum absolute atomic E-state index is 4.10. The van der Waals surface area contributed by atoms with Gasteiger partial charge in [-0.3, -0.25) is 4.98 Å². The van der Waals surface area contributed by atoms with Crippen LogP contribution in [0, 0.1) is 11.8 Å². The van der Waals surface area contributed by atoms with E-state index in [-0.39, 0.29) is 0 Å². The Bertz CT molecular complexity index is 881. The van der Waals surface area contributed by atoms with Gasteiger partial charge in [-0.1, -0.05) is 24.0 Å². The van der Waals surface area contributed by atoms with E-state index in [2.05, 4.69) is 52.0 Å². The molecule has 0 radical (unpaired) electrons. The normalized spacial score (nSPS) is 14.4.